The van der Waals surface area contributed by atoms with Gasteiger partial charge in [0.25, 0.3) is 5.91 Å². The van der Waals surface area contributed by atoms with E-state index in [0.717, 1.165) is 42.5 Å². The number of benzene rings is 2. The number of carbonyl (C=O) groups is 1. The van der Waals surface area contributed by atoms with E-state index in [0.29, 0.717) is 11.1 Å². The lowest BCUT2D eigenvalue weighted by molar-refractivity contribution is -0.110. The Hall–Kier alpha value is -2.75. The fraction of sp³-hybridized carbons (Fsp3) is 0.286. The zero-order chi connectivity index (χ0) is 17.8. The van der Waals surface area contributed by atoms with Gasteiger partial charge in [-0.1, -0.05) is 44.4 Å². The molecule has 3 N–H and O–H groups in total. The molecule has 130 valence electrons. The van der Waals surface area contributed by atoms with Crippen LogP contribution in [0.1, 0.15) is 49.3 Å². The number of rotatable bonds is 6. The summed E-state index contributed by atoms with van der Waals surface area (Å²) in [6.45, 7) is 2.16. The monoisotopic (exact) mass is 337 g/mol. The van der Waals surface area contributed by atoms with Crippen LogP contribution in [0.4, 0.5) is 5.69 Å². The van der Waals surface area contributed by atoms with Crippen LogP contribution in [0.25, 0.3) is 11.6 Å². The number of carbonyl (C=O) groups excluding carboxylic acids is 1. The third kappa shape index (κ3) is 3.68. The summed E-state index contributed by atoms with van der Waals surface area (Å²) >= 11 is 0. The highest BCUT2D eigenvalue weighted by atomic mass is 16.3. The maximum absolute atomic E-state index is 12.2. The van der Waals surface area contributed by atoms with Gasteiger partial charge in [0.2, 0.25) is 0 Å². The number of anilines is 1. The largest absolute Gasteiger partial charge is 0.508 e. The highest BCUT2D eigenvalue weighted by Gasteiger charge is 2.23. The van der Waals surface area contributed by atoms with Crippen LogP contribution < -0.4 is 5.32 Å². The van der Waals surface area contributed by atoms with E-state index in [4.69, 9.17) is 0 Å². The highest BCUT2D eigenvalue weighted by Crippen LogP contribution is 2.36. The first kappa shape index (κ1) is 17.1. The van der Waals surface area contributed by atoms with Crippen molar-refractivity contribution in [2.24, 2.45) is 0 Å². The topological polar surface area (TPSA) is 69.6 Å². The van der Waals surface area contributed by atoms with Crippen molar-refractivity contribution in [3.8, 4) is 11.5 Å². The molecule has 3 rings (SSSR count). The number of nitrogens with one attached hydrogen (secondary N) is 1. The quantitative estimate of drug-likeness (QED) is 0.528. The summed E-state index contributed by atoms with van der Waals surface area (Å²) in [5.74, 6) is -0.106. The summed E-state index contributed by atoms with van der Waals surface area (Å²) in [6.07, 6.45) is 6.88. The molecule has 1 amide bonds. The lowest BCUT2D eigenvalue weighted by Gasteiger charge is -2.09. The lowest BCUT2D eigenvalue weighted by Crippen LogP contribution is -2.03. The zero-order valence-corrected chi connectivity index (χ0v) is 14.4. The molecule has 0 radical (unpaired) electrons. The standard InChI is InChI=1S/C21H23NO3/c1-2-3-4-5-8-14-11-15(20(24)13-19(14)23)12-17-16-9-6-7-10-18(16)22-21(17)25/h6-7,9-13,23-24H,2-5,8H2,1H3,(H,22,25)/b17-12-. The van der Waals surface area contributed by atoms with Gasteiger partial charge in [-0.2, -0.15) is 0 Å². The van der Waals surface area contributed by atoms with Gasteiger partial charge in [0, 0.05) is 28.5 Å². The van der Waals surface area contributed by atoms with Gasteiger partial charge in [0.15, 0.2) is 0 Å². The molecule has 4 nitrogen and oxygen atoms in total. The van der Waals surface area contributed by atoms with Crippen molar-refractivity contribution in [2.75, 3.05) is 5.32 Å². The molecule has 0 atom stereocenters. The summed E-state index contributed by atoms with van der Waals surface area (Å²) in [6, 6.07) is 10.6. The summed E-state index contributed by atoms with van der Waals surface area (Å²) in [5, 5.41) is 23.1. The van der Waals surface area contributed by atoms with E-state index in [-0.39, 0.29) is 17.4 Å². The number of phenols is 2. The van der Waals surface area contributed by atoms with E-state index >= 15 is 0 Å². The second-order valence-electron chi connectivity index (χ2n) is 6.41. The number of phenolic OH excluding ortho intramolecular Hbond substituents is 2. The number of hydrogen-bond donors (Lipinski definition) is 3. The van der Waals surface area contributed by atoms with Crippen LogP contribution in [0.5, 0.6) is 11.5 Å². The molecule has 0 fully saturated rings. The van der Waals surface area contributed by atoms with Crippen molar-refractivity contribution in [1.29, 1.82) is 0 Å². The predicted octanol–water partition coefficient (Wildman–Crippen LogP) is 4.71. The maximum atomic E-state index is 12.2. The van der Waals surface area contributed by atoms with Gasteiger partial charge in [-0.05, 0) is 36.6 Å². The fourth-order valence-corrected chi connectivity index (χ4v) is 3.14. The molecule has 1 heterocycles. The number of unbranched alkanes of at least 4 members (excludes halogenated alkanes) is 3. The molecular weight excluding hydrogens is 314 g/mol. The van der Waals surface area contributed by atoms with Crippen LogP contribution >= 0.6 is 0 Å². The molecule has 0 spiro atoms. The normalized spacial score (nSPS) is 14.6. The molecule has 0 aromatic heterocycles. The molecule has 1 aliphatic heterocycles. The van der Waals surface area contributed by atoms with E-state index in [1.165, 1.54) is 12.5 Å². The van der Waals surface area contributed by atoms with Crippen LogP contribution in [-0.4, -0.2) is 16.1 Å². The van der Waals surface area contributed by atoms with E-state index < -0.39 is 0 Å². The smallest absolute Gasteiger partial charge is 0.256 e. The Bertz CT molecular complexity index is 824. The Kier molecular flexibility index (Phi) is 5.08. The van der Waals surface area contributed by atoms with Crippen LogP contribution in [0.15, 0.2) is 36.4 Å². The third-order valence-corrected chi connectivity index (χ3v) is 4.54. The van der Waals surface area contributed by atoms with Gasteiger partial charge in [-0.15, -0.1) is 0 Å². The molecule has 2 aromatic carbocycles. The van der Waals surface area contributed by atoms with Crippen molar-refractivity contribution in [1.82, 2.24) is 0 Å². The van der Waals surface area contributed by atoms with Crippen molar-refractivity contribution in [3.63, 3.8) is 0 Å². The Labute approximate surface area is 147 Å². The molecule has 0 aliphatic carbocycles. The van der Waals surface area contributed by atoms with E-state index in [1.54, 1.807) is 12.1 Å². The molecule has 0 bridgehead atoms. The zero-order valence-electron chi connectivity index (χ0n) is 14.4. The van der Waals surface area contributed by atoms with Gasteiger partial charge in [0.05, 0.1) is 0 Å². The van der Waals surface area contributed by atoms with Gasteiger partial charge in [-0.3, -0.25) is 4.79 Å². The third-order valence-electron chi connectivity index (χ3n) is 4.54. The van der Waals surface area contributed by atoms with Crippen molar-refractivity contribution >= 4 is 23.2 Å². The van der Waals surface area contributed by atoms with Gasteiger partial charge >= 0.3 is 0 Å². The summed E-state index contributed by atoms with van der Waals surface area (Å²) in [4.78, 5) is 12.2. The molecule has 0 saturated carbocycles. The molecule has 4 heteroatoms. The van der Waals surface area contributed by atoms with Gasteiger partial charge in [-0.25, -0.2) is 0 Å². The van der Waals surface area contributed by atoms with Gasteiger partial charge < -0.3 is 15.5 Å². The summed E-state index contributed by atoms with van der Waals surface area (Å²) < 4.78 is 0. The van der Waals surface area contributed by atoms with E-state index in [1.807, 2.05) is 24.3 Å². The number of hydrogen-bond acceptors (Lipinski definition) is 3. The molecule has 2 aromatic rings. The van der Waals surface area contributed by atoms with Crippen molar-refractivity contribution in [3.05, 3.63) is 53.1 Å². The minimum Gasteiger partial charge on any atom is -0.508 e. The first-order chi connectivity index (χ1) is 12.1. The van der Waals surface area contributed by atoms with Crippen LogP contribution in [0, 0.1) is 0 Å². The first-order valence-corrected chi connectivity index (χ1v) is 8.77. The van der Waals surface area contributed by atoms with Crippen LogP contribution in [-0.2, 0) is 11.2 Å². The minimum absolute atomic E-state index is 0.0283. The predicted molar refractivity (Wildman–Crippen MR) is 101 cm³/mol. The second kappa shape index (κ2) is 7.43. The first-order valence-electron chi connectivity index (χ1n) is 8.77. The Morgan fingerprint density at radius 3 is 2.64 bits per heavy atom. The Morgan fingerprint density at radius 1 is 1.04 bits per heavy atom. The minimum atomic E-state index is -0.182. The molecule has 0 unspecified atom stereocenters. The lowest BCUT2D eigenvalue weighted by atomic mass is 9.99. The number of fused-ring (bicyclic) bond motifs is 1. The fourth-order valence-electron chi connectivity index (χ4n) is 3.14. The van der Waals surface area contributed by atoms with Crippen LogP contribution in [0.3, 0.4) is 0 Å². The van der Waals surface area contributed by atoms with Crippen molar-refractivity contribution in [2.45, 2.75) is 39.0 Å². The van der Waals surface area contributed by atoms with E-state index in [2.05, 4.69) is 12.2 Å². The second-order valence-corrected chi connectivity index (χ2v) is 6.41. The average molecular weight is 337 g/mol. The van der Waals surface area contributed by atoms with Gasteiger partial charge in [0.1, 0.15) is 11.5 Å². The van der Waals surface area contributed by atoms with E-state index in [9.17, 15) is 15.0 Å². The average Bonchev–Trinajstić information content (AvgIpc) is 2.91. The summed E-state index contributed by atoms with van der Waals surface area (Å²) in [7, 11) is 0. The number of amides is 1. The molecule has 1 aliphatic rings. The Morgan fingerprint density at radius 2 is 1.84 bits per heavy atom. The van der Waals surface area contributed by atoms with Crippen LogP contribution in [0.2, 0.25) is 0 Å². The molecule has 0 saturated heterocycles. The number of aromatic hydroxyl groups is 2. The highest BCUT2D eigenvalue weighted by molar-refractivity contribution is 6.35. The SMILES string of the molecule is CCCCCCc1cc(/C=C2\C(=O)Nc3ccccc32)c(O)cc1O. The number of aryl methyl sites for hydroxylation is 1. The number of para-hydroxylation sites is 1. The Balaban J connectivity index is 1.91. The molecule has 25 heavy (non-hydrogen) atoms. The summed E-state index contributed by atoms with van der Waals surface area (Å²) in [5.41, 5.74) is 3.47. The van der Waals surface area contributed by atoms with Crippen molar-refractivity contribution < 1.29 is 15.0 Å². The molecular formula is C21H23NO3. The maximum Gasteiger partial charge on any atom is 0.256 e.